The van der Waals surface area contributed by atoms with E-state index in [1.165, 1.54) is 6.42 Å². The first-order chi connectivity index (χ1) is 10.3. The van der Waals surface area contributed by atoms with Crippen LogP contribution in [0.4, 0.5) is 13.2 Å². The zero-order valence-corrected chi connectivity index (χ0v) is 13.1. The third-order valence-electron chi connectivity index (χ3n) is 4.47. The molecule has 130 valence electrons. The minimum atomic E-state index is -4.60. The number of nitrogens with zero attached hydrogens (tertiary/aromatic N) is 1. The van der Waals surface area contributed by atoms with Gasteiger partial charge < -0.3 is 14.6 Å². The topological polar surface area (TPSA) is 41.9 Å². The van der Waals surface area contributed by atoms with Crippen LogP contribution in [-0.2, 0) is 9.47 Å². The molecule has 0 radical (unpaired) electrons. The quantitative estimate of drug-likeness (QED) is 0.842. The molecule has 0 bridgehead atoms. The lowest BCUT2D eigenvalue weighted by atomic mass is 10.0. The van der Waals surface area contributed by atoms with E-state index in [4.69, 9.17) is 9.47 Å². The van der Waals surface area contributed by atoms with Gasteiger partial charge in [-0.05, 0) is 39.0 Å². The second-order valence-electron chi connectivity index (χ2n) is 6.57. The third-order valence-corrected chi connectivity index (χ3v) is 4.47. The van der Waals surface area contributed by atoms with E-state index in [0.29, 0.717) is 32.5 Å². The highest BCUT2D eigenvalue weighted by Crippen LogP contribution is 2.31. The predicted octanol–water partition coefficient (Wildman–Crippen LogP) is 2.35. The summed E-state index contributed by atoms with van der Waals surface area (Å²) in [6.45, 7) is 2.85. The standard InChI is InChI=1S/C15H26F3NO3/c1-14(20,15(16,17)18)11-19-7-5-12(6-8-19)22-10-13-4-2-3-9-21-13/h12-13,20H,2-11H2,1H3/t13-,14-/m0/s1. The fourth-order valence-electron chi connectivity index (χ4n) is 2.94. The van der Waals surface area contributed by atoms with Crippen molar-refractivity contribution in [1.29, 1.82) is 0 Å². The van der Waals surface area contributed by atoms with Gasteiger partial charge >= 0.3 is 6.18 Å². The van der Waals surface area contributed by atoms with Crippen molar-refractivity contribution in [2.24, 2.45) is 0 Å². The highest BCUT2D eigenvalue weighted by Gasteiger charge is 2.50. The molecule has 2 saturated heterocycles. The number of halogens is 3. The number of β-amino-alcohol motifs (C(OH)–C–C–N with tert-alkyl or cyclic N) is 1. The van der Waals surface area contributed by atoms with Gasteiger partial charge in [0.1, 0.15) is 0 Å². The van der Waals surface area contributed by atoms with Crippen molar-refractivity contribution in [3.8, 4) is 0 Å². The Kier molecular flexibility index (Phi) is 6.10. The maximum Gasteiger partial charge on any atom is 0.418 e. The molecule has 2 rings (SSSR count). The Hall–Kier alpha value is -0.370. The molecule has 2 aliphatic rings. The maximum atomic E-state index is 12.7. The molecule has 4 nitrogen and oxygen atoms in total. The smallest absolute Gasteiger partial charge is 0.380 e. The second-order valence-corrected chi connectivity index (χ2v) is 6.57. The number of ether oxygens (including phenoxy) is 2. The van der Waals surface area contributed by atoms with Crippen molar-refractivity contribution < 1.29 is 27.8 Å². The Bertz CT molecular complexity index is 335. The Labute approximate surface area is 129 Å². The van der Waals surface area contributed by atoms with Gasteiger partial charge in [-0.15, -0.1) is 0 Å². The van der Waals surface area contributed by atoms with Crippen molar-refractivity contribution in [3.05, 3.63) is 0 Å². The SMILES string of the molecule is C[C@](O)(CN1CCC(OC[C@@H]2CCCCO2)CC1)C(F)(F)F. The van der Waals surface area contributed by atoms with Crippen LogP contribution in [0.25, 0.3) is 0 Å². The average Bonchev–Trinajstić information content (AvgIpc) is 2.46. The maximum absolute atomic E-state index is 12.7. The molecule has 0 unspecified atom stereocenters. The summed E-state index contributed by atoms with van der Waals surface area (Å²) in [5.74, 6) is 0. The zero-order valence-electron chi connectivity index (χ0n) is 13.1. The highest BCUT2D eigenvalue weighted by atomic mass is 19.4. The van der Waals surface area contributed by atoms with Gasteiger partial charge in [-0.2, -0.15) is 13.2 Å². The van der Waals surface area contributed by atoms with Gasteiger partial charge in [0, 0.05) is 26.2 Å². The normalized spacial score (nSPS) is 28.5. The monoisotopic (exact) mass is 325 g/mol. The first-order valence-corrected chi connectivity index (χ1v) is 8.02. The molecule has 0 aromatic rings. The Morgan fingerprint density at radius 2 is 1.86 bits per heavy atom. The first-order valence-electron chi connectivity index (χ1n) is 8.02. The molecule has 0 aromatic carbocycles. The molecule has 1 N–H and O–H groups in total. The van der Waals surface area contributed by atoms with Crippen LogP contribution in [0, 0.1) is 0 Å². The van der Waals surface area contributed by atoms with Crippen LogP contribution in [0.2, 0.25) is 0 Å². The Morgan fingerprint density at radius 3 is 2.41 bits per heavy atom. The third kappa shape index (κ3) is 5.08. The average molecular weight is 325 g/mol. The molecule has 2 aliphatic heterocycles. The molecule has 0 aliphatic carbocycles. The van der Waals surface area contributed by atoms with E-state index in [0.717, 1.165) is 26.4 Å². The molecule has 2 fully saturated rings. The molecule has 22 heavy (non-hydrogen) atoms. The summed E-state index contributed by atoms with van der Waals surface area (Å²) in [5, 5.41) is 9.53. The zero-order chi connectivity index (χ0) is 16.2. The number of hydrogen-bond donors (Lipinski definition) is 1. The fraction of sp³-hybridized carbons (Fsp3) is 1.00. The van der Waals surface area contributed by atoms with Crippen molar-refractivity contribution >= 4 is 0 Å². The van der Waals surface area contributed by atoms with Crippen LogP contribution in [0.5, 0.6) is 0 Å². The number of aliphatic hydroxyl groups is 1. The summed E-state index contributed by atoms with van der Waals surface area (Å²) in [4.78, 5) is 1.66. The summed E-state index contributed by atoms with van der Waals surface area (Å²) < 4.78 is 49.5. The van der Waals surface area contributed by atoms with E-state index < -0.39 is 11.8 Å². The van der Waals surface area contributed by atoms with Gasteiger partial charge in [-0.3, -0.25) is 4.90 Å². The van der Waals surface area contributed by atoms with Gasteiger partial charge in [-0.25, -0.2) is 0 Å². The number of rotatable bonds is 5. The van der Waals surface area contributed by atoms with Gasteiger partial charge in [0.25, 0.3) is 0 Å². The molecule has 2 atom stereocenters. The minimum absolute atomic E-state index is 0.0811. The summed E-state index contributed by atoms with van der Waals surface area (Å²) in [7, 11) is 0. The largest absolute Gasteiger partial charge is 0.418 e. The molecular formula is C15H26F3NO3. The minimum Gasteiger partial charge on any atom is -0.380 e. The fourth-order valence-corrected chi connectivity index (χ4v) is 2.94. The number of likely N-dealkylation sites (tertiary alicyclic amines) is 1. The second kappa shape index (κ2) is 7.47. The summed E-state index contributed by atoms with van der Waals surface area (Å²) in [6.07, 6.45) is 0.329. The molecule has 2 heterocycles. The highest BCUT2D eigenvalue weighted by molar-refractivity contribution is 4.87. The molecule has 7 heteroatoms. The molecule has 0 spiro atoms. The van der Waals surface area contributed by atoms with Gasteiger partial charge in [0.15, 0.2) is 5.60 Å². The summed E-state index contributed by atoms with van der Waals surface area (Å²) >= 11 is 0. The Balaban J connectivity index is 1.67. The van der Waals surface area contributed by atoms with Gasteiger partial charge in [-0.1, -0.05) is 0 Å². The predicted molar refractivity (Wildman–Crippen MR) is 75.7 cm³/mol. The van der Waals surface area contributed by atoms with Crippen LogP contribution < -0.4 is 0 Å². The Morgan fingerprint density at radius 1 is 1.18 bits per heavy atom. The van der Waals surface area contributed by atoms with Gasteiger partial charge in [0.05, 0.1) is 18.8 Å². The molecule has 0 amide bonds. The molecular weight excluding hydrogens is 299 g/mol. The van der Waals surface area contributed by atoms with Crippen LogP contribution in [0.15, 0.2) is 0 Å². The van der Waals surface area contributed by atoms with E-state index in [-0.39, 0.29) is 18.8 Å². The van der Waals surface area contributed by atoms with E-state index >= 15 is 0 Å². The van der Waals surface area contributed by atoms with E-state index in [1.807, 2.05) is 0 Å². The van der Waals surface area contributed by atoms with Crippen molar-refractivity contribution in [3.63, 3.8) is 0 Å². The lowest BCUT2D eigenvalue weighted by molar-refractivity contribution is -0.258. The van der Waals surface area contributed by atoms with E-state index in [1.54, 1.807) is 4.90 Å². The first kappa shape index (κ1) is 18.0. The van der Waals surface area contributed by atoms with Crippen molar-refractivity contribution in [2.75, 3.05) is 32.8 Å². The lowest BCUT2D eigenvalue weighted by Crippen LogP contribution is -2.53. The lowest BCUT2D eigenvalue weighted by Gasteiger charge is -2.37. The van der Waals surface area contributed by atoms with Gasteiger partial charge in [0.2, 0.25) is 0 Å². The van der Waals surface area contributed by atoms with Crippen LogP contribution in [0.3, 0.4) is 0 Å². The number of alkyl halides is 3. The number of piperidine rings is 1. The number of hydrogen-bond acceptors (Lipinski definition) is 4. The van der Waals surface area contributed by atoms with Crippen molar-refractivity contribution in [2.45, 2.75) is 63.0 Å². The molecule has 0 saturated carbocycles. The van der Waals surface area contributed by atoms with Crippen molar-refractivity contribution in [1.82, 2.24) is 4.90 Å². The van der Waals surface area contributed by atoms with Crippen LogP contribution in [0.1, 0.15) is 39.0 Å². The summed E-state index contributed by atoms with van der Waals surface area (Å²) in [5.41, 5.74) is -2.66. The van der Waals surface area contributed by atoms with E-state index in [2.05, 4.69) is 0 Å². The van der Waals surface area contributed by atoms with E-state index in [9.17, 15) is 18.3 Å². The van der Waals surface area contributed by atoms with Crippen LogP contribution in [-0.4, -0.2) is 66.8 Å². The summed E-state index contributed by atoms with van der Waals surface area (Å²) in [6, 6.07) is 0. The molecule has 0 aromatic heterocycles. The van der Waals surface area contributed by atoms with Crippen LogP contribution >= 0.6 is 0 Å².